The van der Waals surface area contributed by atoms with Gasteiger partial charge in [-0.3, -0.25) is 14.5 Å². The maximum atomic E-state index is 12.9. The van der Waals surface area contributed by atoms with Gasteiger partial charge in [-0.15, -0.1) is 0 Å². The number of methoxy groups -OCH3 is 1. The summed E-state index contributed by atoms with van der Waals surface area (Å²) in [5.74, 6) is 0.629. The molecule has 4 rings (SSSR count). The van der Waals surface area contributed by atoms with Crippen molar-refractivity contribution < 1.29 is 14.3 Å². The van der Waals surface area contributed by atoms with E-state index in [1.54, 1.807) is 19.1 Å². The summed E-state index contributed by atoms with van der Waals surface area (Å²) >= 11 is 0. The van der Waals surface area contributed by atoms with Crippen molar-refractivity contribution in [3.63, 3.8) is 0 Å². The maximum absolute atomic E-state index is 12.9. The molecule has 0 aliphatic carbocycles. The SMILES string of the molecule is COc1cc(C(=O)NCC(CN2CCc3ccccc3C2)N=O)cc(NC2CCN(C(C)=O)CC2)n1. The van der Waals surface area contributed by atoms with Crippen LogP contribution >= 0.6 is 0 Å². The number of piperidine rings is 1. The number of rotatable bonds is 9. The summed E-state index contributed by atoms with van der Waals surface area (Å²) in [6.07, 6.45) is 2.54. The molecule has 2 aliphatic rings. The number of hydrogen-bond acceptors (Lipinski definition) is 8. The van der Waals surface area contributed by atoms with Crippen LogP contribution in [0, 0.1) is 4.91 Å². The first-order chi connectivity index (χ1) is 17.4. The predicted molar refractivity (Wildman–Crippen MR) is 137 cm³/mol. The molecule has 2 aromatic rings. The molecule has 10 heteroatoms. The first-order valence-corrected chi connectivity index (χ1v) is 12.4. The number of amides is 2. The van der Waals surface area contributed by atoms with Crippen LogP contribution in [-0.2, 0) is 17.8 Å². The van der Waals surface area contributed by atoms with E-state index in [1.807, 2.05) is 17.0 Å². The van der Waals surface area contributed by atoms with Crippen molar-refractivity contribution in [1.29, 1.82) is 0 Å². The van der Waals surface area contributed by atoms with Gasteiger partial charge in [0.25, 0.3) is 5.91 Å². The van der Waals surface area contributed by atoms with Gasteiger partial charge in [-0.25, -0.2) is 0 Å². The van der Waals surface area contributed by atoms with Crippen molar-refractivity contribution in [1.82, 2.24) is 20.1 Å². The van der Waals surface area contributed by atoms with Crippen molar-refractivity contribution >= 4 is 17.6 Å². The van der Waals surface area contributed by atoms with E-state index in [1.165, 1.54) is 18.2 Å². The van der Waals surface area contributed by atoms with Gasteiger partial charge in [-0.2, -0.15) is 9.89 Å². The van der Waals surface area contributed by atoms with Crippen LogP contribution in [0.4, 0.5) is 5.82 Å². The van der Waals surface area contributed by atoms with Crippen molar-refractivity contribution in [2.75, 3.05) is 45.2 Å². The lowest BCUT2D eigenvalue weighted by Gasteiger charge is -2.32. The van der Waals surface area contributed by atoms with Gasteiger partial charge in [0.1, 0.15) is 11.9 Å². The number of aromatic nitrogens is 1. The van der Waals surface area contributed by atoms with E-state index in [-0.39, 0.29) is 24.4 Å². The number of likely N-dealkylation sites (tertiary alicyclic amines) is 1. The molecule has 0 saturated carbocycles. The number of fused-ring (bicyclic) bond motifs is 1. The Kier molecular flexibility index (Phi) is 8.48. The Morgan fingerprint density at radius 3 is 2.61 bits per heavy atom. The molecule has 1 saturated heterocycles. The predicted octanol–water partition coefficient (Wildman–Crippen LogP) is 2.44. The summed E-state index contributed by atoms with van der Waals surface area (Å²) in [5, 5.41) is 9.48. The third-order valence-electron chi connectivity index (χ3n) is 6.89. The highest BCUT2D eigenvalue weighted by molar-refractivity contribution is 5.95. The van der Waals surface area contributed by atoms with Crippen LogP contribution in [0.25, 0.3) is 0 Å². The van der Waals surface area contributed by atoms with Crippen LogP contribution in [0.3, 0.4) is 0 Å². The normalized spacial score (nSPS) is 17.1. The fraction of sp³-hybridized carbons (Fsp3) is 0.500. The molecule has 0 bridgehead atoms. The number of anilines is 1. The van der Waals surface area contributed by atoms with Crippen molar-refractivity contribution in [2.24, 2.45) is 5.18 Å². The number of nitrogens with zero attached hydrogens (tertiary/aromatic N) is 4. The van der Waals surface area contributed by atoms with Crippen molar-refractivity contribution in [3.8, 4) is 5.88 Å². The Bertz CT molecular complexity index is 1090. The molecule has 1 aromatic carbocycles. The lowest BCUT2D eigenvalue weighted by Crippen LogP contribution is -2.41. The number of carbonyl (C=O) groups excluding carboxylic acids is 2. The molecular formula is C26H34N6O4. The first-order valence-electron chi connectivity index (χ1n) is 12.4. The monoisotopic (exact) mass is 494 g/mol. The average Bonchev–Trinajstić information content (AvgIpc) is 2.90. The Hall–Kier alpha value is -3.53. The van der Waals surface area contributed by atoms with Gasteiger partial charge in [0.05, 0.1) is 7.11 Å². The van der Waals surface area contributed by atoms with E-state index in [2.05, 4.69) is 37.8 Å². The summed E-state index contributed by atoms with van der Waals surface area (Å²) in [6, 6.07) is 11.2. The quantitative estimate of drug-likeness (QED) is 0.514. The van der Waals surface area contributed by atoms with Crippen LogP contribution < -0.4 is 15.4 Å². The Balaban J connectivity index is 1.32. The Morgan fingerprint density at radius 1 is 1.17 bits per heavy atom. The molecule has 2 aliphatic heterocycles. The lowest BCUT2D eigenvalue weighted by molar-refractivity contribution is -0.129. The fourth-order valence-electron chi connectivity index (χ4n) is 4.82. The highest BCUT2D eigenvalue weighted by Crippen LogP contribution is 2.21. The van der Waals surface area contributed by atoms with E-state index >= 15 is 0 Å². The molecule has 2 N–H and O–H groups in total. The molecule has 0 radical (unpaired) electrons. The van der Waals surface area contributed by atoms with E-state index in [4.69, 9.17) is 4.74 Å². The van der Waals surface area contributed by atoms with Crippen LogP contribution in [0.2, 0.25) is 0 Å². The molecule has 192 valence electrons. The number of ether oxygens (including phenoxy) is 1. The van der Waals surface area contributed by atoms with Gasteiger partial charge in [-0.05, 0) is 36.5 Å². The molecule has 1 unspecified atom stereocenters. The zero-order chi connectivity index (χ0) is 25.5. The number of nitroso groups, excluding NO2 is 1. The van der Waals surface area contributed by atoms with Gasteiger partial charge in [0.2, 0.25) is 11.8 Å². The molecule has 1 aromatic heterocycles. The Morgan fingerprint density at radius 2 is 1.92 bits per heavy atom. The zero-order valence-electron chi connectivity index (χ0n) is 20.9. The smallest absolute Gasteiger partial charge is 0.251 e. The minimum absolute atomic E-state index is 0.0835. The second-order valence-electron chi connectivity index (χ2n) is 9.43. The zero-order valence-corrected chi connectivity index (χ0v) is 20.9. The summed E-state index contributed by atoms with van der Waals surface area (Å²) in [6.45, 7) is 5.23. The molecular weight excluding hydrogens is 460 g/mol. The minimum atomic E-state index is -0.549. The van der Waals surface area contributed by atoms with Crippen LogP contribution in [0.5, 0.6) is 5.88 Å². The highest BCUT2D eigenvalue weighted by Gasteiger charge is 2.23. The first kappa shape index (κ1) is 25.6. The summed E-state index contributed by atoms with van der Waals surface area (Å²) in [7, 11) is 1.50. The molecule has 1 atom stereocenters. The summed E-state index contributed by atoms with van der Waals surface area (Å²) < 4.78 is 5.30. The summed E-state index contributed by atoms with van der Waals surface area (Å²) in [5.41, 5.74) is 3.01. The number of hydrogen-bond donors (Lipinski definition) is 2. The molecule has 0 spiro atoms. The lowest BCUT2D eigenvalue weighted by atomic mass is 9.99. The van der Waals surface area contributed by atoms with E-state index < -0.39 is 6.04 Å². The molecule has 3 heterocycles. The second kappa shape index (κ2) is 11.9. The molecule has 36 heavy (non-hydrogen) atoms. The van der Waals surface area contributed by atoms with Gasteiger partial charge in [0, 0.05) is 63.9 Å². The third kappa shape index (κ3) is 6.57. The van der Waals surface area contributed by atoms with E-state index in [0.29, 0.717) is 36.9 Å². The van der Waals surface area contributed by atoms with Gasteiger partial charge >= 0.3 is 0 Å². The van der Waals surface area contributed by atoms with E-state index in [9.17, 15) is 14.5 Å². The highest BCUT2D eigenvalue weighted by atomic mass is 16.5. The topological polar surface area (TPSA) is 116 Å². The number of benzene rings is 1. The van der Waals surface area contributed by atoms with Gasteiger partial charge in [0.15, 0.2) is 0 Å². The van der Waals surface area contributed by atoms with Gasteiger partial charge in [-0.1, -0.05) is 29.4 Å². The van der Waals surface area contributed by atoms with E-state index in [0.717, 1.165) is 32.4 Å². The van der Waals surface area contributed by atoms with Crippen LogP contribution in [0.15, 0.2) is 41.6 Å². The molecule has 1 fully saturated rings. The molecule has 2 amide bonds. The maximum Gasteiger partial charge on any atom is 0.251 e. The average molecular weight is 495 g/mol. The van der Waals surface area contributed by atoms with Crippen molar-refractivity contribution in [3.05, 3.63) is 58.0 Å². The number of pyridine rings is 1. The third-order valence-corrected chi connectivity index (χ3v) is 6.89. The van der Waals surface area contributed by atoms with Gasteiger partial charge < -0.3 is 20.3 Å². The largest absolute Gasteiger partial charge is 0.481 e. The van der Waals surface area contributed by atoms with Crippen LogP contribution in [0.1, 0.15) is 41.3 Å². The second-order valence-corrected chi connectivity index (χ2v) is 9.43. The van der Waals surface area contributed by atoms with Crippen LogP contribution in [-0.4, -0.2) is 78.5 Å². The Labute approximate surface area is 211 Å². The fourth-order valence-corrected chi connectivity index (χ4v) is 4.82. The summed E-state index contributed by atoms with van der Waals surface area (Å²) in [4.78, 5) is 44.5. The minimum Gasteiger partial charge on any atom is -0.481 e. The standard InChI is InChI=1S/C26H34N6O4/c1-18(33)32-11-8-22(9-12-32)28-24-13-21(14-25(29-24)36-2)26(34)27-15-23(30-35)17-31-10-7-19-5-3-4-6-20(19)16-31/h3-6,13-14,22-23H,7-12,15-17H2,1-2H3,(H,27,34)(H,28,29). The van der Waals surface area contributed by atoms with Crippen molar-refractivity contribution in [2.45, 2.75) is 44.8 Å². The number of nitrogens with one attached hydrogen (secondary N) is 2. The number of carbonyl (C=O) groups is 2. The molecule has 10 nitrogen and oxygen atoms in total.